The van der Waals surface area contributed by atoms with Crippen molar-refractivity contribution in [2.24, 2.45) is 11.0 Å². The van der Waals surface area contributed by atoms with Crippen molar-refractivity contribution in [1.82, 2.24) is 9.78 Å². The first-order chi connectivity index (χ1) is 19.2. The van der Waals surface area contributed by atoms with Crippen molar-refractivity contribution in [3.63, 3.8) is 0 Å². The lowest BCUT2D eigenvalue weighted by Crippen LogP contribution is -2.34. The Morgan fingerprint density at radius 1 is 0.875 bits per heavy atom. The third-order valence-electron chi connectivity index (χ3n) is 6.93. The zero-order valence-electron chi connectivity index (χ0n) is 22.0. The molecular weight excluding hydrogens is 575 g/mol. The number of aromatic amines is 1. The number of aryl methyl sites for hydroxylation is 1. The largest absolute Gasteiger partial charge is 0.493 e. The first kappa shape index (κ1) is 27.8. The number of hydrazone groups is 1. The van der Waals surface area contributed by atoms with Crippen molar-refractivity contribution in [2.75, 3.05) is 19.2 Å². The minimum atomic E-state index is -0.854. The molecule has 1 aliphatic rings. The summed E-state index contributed by atoms with van der Waals surface area (Å²) in [6, 6.07) is 17.3. The van der Waals surface area contributed by atoms with Gasteiger partial charge in [0.25, 0.3) is 11.5 Å². The van der Waals surface area contributed by atoms with Gasteiger partial charge in [-0.3, -0.25) is 14.7 Å². The van der Waals surface area contributed by atoms with Gasteiger partial charge in [-0.05, 0) is 55.8 Å². The van der Waals surface area contributed by atoms with E-state index in [-0.39, 0.29) is 16.5 Å². The molecule has 0 aliphatic carbocycles. The molecule has 0 fully saturated rings. The Hall–Kier alpha value is -3.72. The Bertz CT molecular complexity index is 1710. The minimum Gasteiger partial charge on any atom is -0.493 e. The van der Waals surface area contributed by atoms with Gasteiger partial charge in [-0.1, -0.05) is 59.1 Å². The summed E-state index contributed by atoms with van der Waals surface area (Å²) in [4.78, 5) is 28.2. The molecule has 0 saturated carbocycles. The highest BCUT2D eigenvalue weighted by molar-refractivity contribution is 6.34. The maximum absolute atomic E-state index is 14.1. The van der Waals surface area contributed by atoms with Gasteiger partial charge in [0.15, 0.2) is 11.5 Å². The number of rotatable bonds is 7. The summed E-state index contributed by atoms with van der Waals surface area (Å²) in [6.45, 7) is 3.53. The minimum absolute atomic E-state index is 0.268. The molecule has 2 heterocycles. The lowest BCUT2D eigenvalue weighted by atomic mass is 9.78. The van der Waals surface area contributed by atoms with Gasteiger partial charge in [0, 0.05) is 22.9 Å². The van der Waals surface area contributed by atoms with Crippen LogP contribution in [0.25, 0.3) is 5.69 Å². The van der Waals surface area contributed by atoms with Crippen LogP contribution in [0.1, 0.15) is 29.7 Å². The van der Waals surface area contributed by atoms with Crippen LogP contribution >= 0.6 is 34.8 Å². The number of methoxy groups -OCH3 is 2. The summed E-state index contributed by atoms with van der Waals surface area (Å²) < 4.78 is 12.4. The number of nitrogens with one attached hydrogen (secondary N) is 1. The molecule has 40 heavy (non-hydrogen) atoms. The second-order valence-electron chi connectivity index (χ2n) is 9.28. The monoisotopic (exact) mass is 598 g/mol. The van der Waals surface area contributed by atoms with Gasteiger partial charge in [0.2, 0.25) is 0 Å². The van der Waals surface area contributed by atoms with Gasteiger partial charge in [0.1, 0.15) is 0 Å². The van der Waals surface area contributed by atoms with Crippen molar-refractivity contribution in [1.29, 1.82) is 0 Å². The number of H-pyrrole nitrogens is 1. The topological polar surface area (TPSA) is 88.9 Å². The van der Waals surface area contributed by atoms with E-state index in [1.807, 2.05) is 0 Å². The number of aromatic nitrogens is 2. The fraction of sp³-hybridized carbons (Fsp3) is 0.207. The number of hydrogen-bond acceptors (Lipinski definition) is 5. The highest BCUT2D eigenvalue weighted by Crippen LogP contribution is 2.44. The van der Waals surface area contributed by atoms with Crippen LogP contribution in [0.2, 0.25) is 15.1 Å². The number of carbonyl (C=O) groups excluding carboxylic acids is 1. The standard InChI is InChI=1S/C29H25Cl3N4O4/c1-15-24(28(37)35(33-15)21-11-7-5-9-18(21)30)26(17-13-20(32)27(40-4)23(14-17)39-3)25-16(2)34-36(29(25)38)22-12-8-6-10-19(22)31/h5-14,24,26,34H,1-4H3. The quantitative estimate of drug-likeness (QED) is 0.259. The summed E-state index contributed by atoms with van der Waals surface area (Å²) in [7, 11) is 2.98. The van der Waals surface area contributed by atoms with Crippen molar-refractivity contribution in [3.8, 4) is 17.2 Å². The predicted molar refractivity (Wildman–Crippen MR) is 158 cm³/mol. The molecule has 2 unspecified atom stereocenters. The van der Waals surface area contributed by atoms with Crippen molar-refractivity contribution < 1.29 is 14.3 Å². The van der Waals surface area contributed by atoms with Gasteiger partial charge in [0.05, 0.1) is 46.6 Å². The molecule has 0 spiro atoms. The molecule has 0 radical (unpaired) electrons. The van der Waals surface area contributed by atoms with Crippen molar-refractivity contribution in [3.05, 3.63) is 103 Å². The third kappa shape index (κ3) is 4.66. The molecule has 3 aromatic carbocycles. The van der Waals surface area contributed by atoms with Crippen molar-refractivity contribution >= 4 is 52.1 Å². The number of hydrogen-bond donors (Lipinski definition) is 1. The first-order valence-corrected chi connectivity index (χ1v) is 13.4. The van der Waals surface area contributed by atoms with E-state index in [1.54, 1.807) is 74.5 Å². The predicted octanol–water partition coefficient (Wildman–Crippen LogP) is 6.62. The second kappa shape index (κ2) is 11.0. The summed E-state index contributed by atoms with van der Waals surface area (Å²) in [5.74, 6) is -1.30. The van der Waals surface area contributed by atoms with Gasteiger partial charge >= 0.3 is 0 Å². The number of para-hydroxylation sites is 2. The molecule has 2 atom stereocenters. The van der Waals surface area contributed by atoms with Gasteiger partial charge in [-0.2, -0.15) is 10.1 Å². The molecule has 1 amide bonds. The van der Waals surface area contributed by atoms with Crippen LogP contribution in [0.5, 0.6) is 11.5 Å². The van der Waals surface area contributed by atoms with E-state index in [1.165, 1.54) is 23.9 Å². The van der Waals surface area contributed by atoms with Gasteiger partial charge < -0.3 is 9.47 Å². The van der Waals surface area contributed by atoms with Crippen LogP contribution in [0, 0.1) is 12.8 Å². The summed E-state index contributed by atoms with van der Waals surface area (Å²) in [5, 5.41) is 10.0. The van der Waals surface area contributed by atoms with Crippen LogP contribution in [0.4, 0.5) is 5.69 Å². The molecule has 0 bridgehead atoms. The molecule has 8 nitrogen and oxygen atoms in total. The highest BCUT2D eigenvalue weighted by atomic mass is 35.5. The normalized spacial score (nSPS) is 15.8. The maximum atomic E-state index is 14.1. The van der Waals surface area contributed by atoms with Crippen LogP contribution in [0.15, 0.2) is 70.6 Å². The molecular formula is C29H25Cl3N4O4. The Morgan fingerprint density at radius 2 is 1.50 bits per heavy atom. The lowest BCUT2D eigenvalue weighted by Gasteiger charge is -2.25. The fourth-order valence-corrected chi connectivity index (χ4v) is 5.86. The Balaban J connectivity index is 1.74. The van der Waals surface area contributed by atoms with Crippen LogP contribution in [-0.4, -0.2) is 35.6 Å². The van der Waals surface area contributed by atoms with E-state index in [9.17, 15) is 9.59 Å². The van der Waals surface area contributed by atoms with Crippen molar-refractivity contribution in [2.45, 2.75) is 19.8 Å². The van der Waals surface area contributed by atoms with Gasteiger partial charge in [-0.15, -0.1) is 0 Å². The Labute approximate surface area is 245 Å². The number of amides is 1. The zero-order chi connectivity index (χ0) is 28.7. The molecule has 206 valence electrons. The molecule has 1 aromatic heterocycles. The van der Waals surface area contributed by atoms with Crippen LogP contribution < -0.4 is 20.0 Å². The maximum Gasteiger partial charge on any atom is 0.275 e. The van der Waals surface area contributed by atoms with E-state index in [2.05, 4.69) is 10.2 Å². The summed E-state index contributed by atoms with van der Waals surface area (Å²) in [6.07, 6.45) is 0. The molecule has 1 N–H and O–H groups in total. The van der Waals surface area contributed by atoms with E-state index in [0.29, 0.717) is 55.5 Å². The molecule has 5 rings (SSSR count). The Kier molecular flexibility index (Phi) is 7.68. The summed E-state index contributed by atoms with van der Waals surface area (Å²) >= 11 is 19.5. The third-order valence-corrected chi connectivity index (χ3v) is 7.85. The number of ether oxygens (including phenoxy) is 2. The average Bonchev–Trinajstić information content (AvgIpc) is 3.39. The van der Waals surface area contributed by atoms with Crippen LogP contribution in [0.3, 0.4) is 0 Å². The number of nitrogens with zero attached hydrogens (tertiary/aromatic N) is 3. The van der Waals surface area contributed by atoms with Crippen LogP contribution in [-0.2, 0) is 4.79 Å². The number of benzene rings is 3. The smallest absolute Gasteiger partial charge is 0.275 e. The average molecular weight is 600 g/mol. The molecule has 4 aromatic rings. The lowest BCUT2D eigenvalue weighted by molar-refractivity contribution is -0.120. The van der Waals surface area contributed by atoms with E-state index in [0.717, 1.165) is 0 Å². The number of carbonyl (C=O) groups is 1. The Morgan fingerprint density at radius 3 is 2.10 bits per heavy atom. The summed E-state index contributed by atoms with van der Waals surface area (Å²) in [5.41, 5.74) is 2.55. The number of halogens is 3. The molecule has 11 heteroatoms. The fourth-order valence-electron chi connectivity index (χ4n) is 5.13. The van der Waals surface area contributed by atoms with E-state index < -0.39 is 11.8 Å². The van der Waals surface area contributed by atoms with Gasteiger partial charge in [-0.25, -0.2) is 4.68 Å². The second-order valence-corrected chi connectivity index (χ2v) is 10.5. The van der Waals surface area contributed by atoms with E-state index >= 15 is 0 Å². The first-order valence-electron chi connectivity index (χ1n) is 12.3. The highest BCUT2D eigenvalue weighted by Gasteiger charge is 2.44. The molecule has 1 aliphatic heterocycles. The SMILES string of the molecule is COc1cc(C(c2c(C)[nH]n(-c3ccccc3Cl)c2=O)C2C(=O)N(c3ccccc3Cl)N=C2C)cc(Cl)c1OC. The van der Waals surface area contributed by atoms with E-state index in [4.69, 9.17) is 44.3 Å². The molecule has 0 saturated heterocycles. The zero-order valence-corrected chi connectivity index (χ0v) is 24.3. The number of anilines is 1.